The molecule has 1 saturated carbocycles. The number of fused-ring (bicyclic) bond motifs is 2. The van der Waals surface area contributed by atoms with E-state index in [2.05, 4.69) is 5.32 Å². The van der Waals surface area contributed by atoms with E-state index in [1.54, 1.807) is 11.0 Å². The molecular weight excluding hydrogens is 639 g/mol. The Morgan fingerprint density at radius 2 is 1.76 bits per heavy atom. The molecule has 1 saturated heterocycles. The quantitative estimate of drug-likeness (QED) is 0.208. The molecule has 1 aliphatic carbocycles. The number of rotatable bonds is 11. The van der Waals surface area contributed by atoms with E-state index in [1.807, 2.05) is 48.5 Å². The third-order valence-corrected chi connectivity index (χ3v) is 10.4. The minimum atomic E-state index is -3.69. The summed E-state index contributed by atoms with van der Waals surface area (Å²) in [6.45, 7) is 0.501. The zero-order valence-corrected chi connectivity index (χ0v) is 26.8. The van der Waals surface area contributed by atoms with Gasteiger partial charge in [-0.15, -0.1) is 0 Å². The van der Waals surface area contributed by atoms with E-state index in [9.17, 15) is 26.4 Å². The fourth-order valence-electron chi connectivity index (χ4n) is 6.30. The predicted molar refractivity (Wildman–Crippen MR) is 170 cm³/mol. The Hall–Kier alpha value is -3.38. The molecule has 2 aliphatic heterocycles. The fraction of sp³-hybridized carbons (Fsp3) is 0.382. The van der Waals surface area contributed by atoms with Crippen LogP contribution in [0.3, 0.4) is 0 Å². The maximum atomic E-state index is 14.2. The van der Waals surface area contributed by atoms with Crippen molar-refractivity contribution < 1.29 is 31.1 Å². The van der Waals surface area contributed by atoms with Crippen molar-refractivity contribution in [2.24, 2.45) is 0 Å². The maximum absolute atomic E-state index is 14.2. The van der Waals surface area contributed by atoms with Crippen LogP contribution in [0.5, 0.6) is 5.75 Å². The molecule has 3 aliphatic rings. The number of halogens is 4. The van der Waals surface area contributed by atoms with Gasteiger partial charge in [-0.05, 0) is 72.6 Å². The van der Waals surface area contributed by atoms with Crippen LogP contribution in [-0.4, -0.2) is 67.1 Å². The number of benzene rings is 3. The molecule has 2 fully saturated rings. The van der Waals surface area contributed by atoms with Crippen molar-refractivity contribution in [3.8, 4) is 5.75 Å². The van der Waals surface area contributed by atoms with E-state index >= 15 is 0 Å². The van der Waals surface area contributed by atoms with Crippen LogP contribution >= 0.6 is 11.6 Å². The second kappa shape index (κ2) is 13.4. The molecule has 1 unspecified atom stereocenters. The first-order chi connectivity index (χ1) is 22.0. The van der Waals surface area contributed by atoms with E-state index in [4.69, 9.17) is 16.3 Å². The zero-order valence-electron chi connectivity index (χ0n) is 25.3. The molecule has 1 amide bonds. The molecule has 12 heteroatoms. The number of carbonyl (C=O) groups excluding carboxylic acids is 1. The highest BCUT2D eigenvalue weighted by molar-refractivity contribution is 7.88. The number of amides is 1. The van der Waals surface area contributed by atoms with E-state index < -0.39 is 45.3 Å². The smallest absolute Gasteiger partial charge is 0.243 e. The largest absolute Gasteiger partial charge is 0.488 e. The van der Waals surface area contributed by atoms with Gasteiger partial charge < -0.3 is 15.0 Å². The lowest BCUT2D eigenvalue weighted by molar-refractivity contribution is -0.138. The first-order valence-corrected chi connectivity index (χ1v) is 17.6. The van der Waals surface area contributed by atoms with Gasteiger partial charge >= 0.3 is 0 Å². The van der Waals surface area contributed by atoms with Gasteiger partial charge in [-0.3, -0.25) is 4.79 Å². The maximum Gasteiger partial charge on any atom is 0.243 e. The van der Waals surface area contributed by atoms with Gasteiger partial charge in [-0.1, -0.05) is 60.1 Å². The van der Waals surface area contributed by atoms with Crippen molar-refractivity contribution in [3.63, 3.8) is 0 Å². The highest BCUT2D eigenvalue weighted by Gasteiger charge is 2.48. The van der Waals surface area contributed by atoms with Crippen LogP contribution < -0.4 is 10.1 Å². The lowest BCUT2D eigenvalue weighted by atomic mass is 9.86. The van der Waals surface area contributed by atoms with Crippen molar-refractivity contribution >= 4 is 33.1 Å². The summed E-state index contributed by atoms with van der Waals surface area (Å²) in [6.07, 6.45) is 6.48. The highest BCUT2D eigenvalue weighted by Crippen LogP contribution is 2.36. The number of piperazine rings is 1. The number of hydrogen-bond donors (Lipinski definition) is 1. The normalized spacial score (nSPS) is 21.5. The van der Waals surface area contributed by atoms with Gasteiger partial charge in [0.2, 0.25) is 21.7 Å². The zero-order chi connectivity index (χ0) is 32.6. The van der Waals surface area contributed by atoms with Crippen LogP contribution in [-0.2, 0) is 27.8 Å². The van der Waals surface area contributed by atoms with Crippen molar-refractivity contribution in [1.82, 2.24) is 14.5 Å². The van der Waals surface area contributed by atoms with Crippen molar-refractivity contribution in [2.45, 2.75) is 62.8 Å². The third-order valence-electron chi connectivity index (χ3n) is 8.76. The summed E-state index contributed by atoms with van der Waals surface area (Å²) in [6, 6.07) is 15.2. The molecule has 6 rings (SSSR count). The Morgan fingerprint density at radius 1 is 1.04 bits per heavy atom. The van der Waals surface area contributed by atoms with Gasteiger partial charge in [-0.25, -0.2) is 17.2 Å². The summed E-state index contributed by atoms with van der Waals surface area (Å²) in [4.78, 5) is 16.0. The number of nitrogens with one attached hydrogen (secondary N) is 1. The second-order valence-corrected chi connectivity index (χ2v) is 14.5. The lowest BCUT2D eigenvalue weighted by Crippen LogP contribution is -2.68. The molecule has 46 heavy (non-hydrogen) atoms. The van der Waals surface area contributed by atoms with Crippen molar-refractivity contribution in [1.29, 1.82) is 0 Å². The monoisotopic (exact) mass is 673 g/mol. The Labute approximate surface area is 272 Å². The molecule has 3 aromatic carbocycles. The molecule has 3 atom stereocenters. The summed E-state index contributed by atoms with van der Waals surface area (Å²) in [5.41, 5.74) is 3.79. The number of carbonyl (C=O) groups is 1. The van der Waals surface area contributed by atoms with Gasteiger partial charge in [0.25, 0.3) is 0 Å². The van der Waals surface area contributed by atoms with Gasteiger partial charge in [-0.2, -0.15) is 8.70 Å². The number of ether oxygens (including phenoxy) is 1. The fourth-order valence-corrected chi connectivity index (χ4v) is 7.58. The molecule has 7 nitrogen and oxygen atoms in total. The van der Waals surface area contributed by atoms with E-state index in [0.717, 1.165) is 53.5 Å². The van der Waals surface area contributed by atoms with Gasteiger partial charge in [0.15, 0.2) is 17.4 Å². The SMILES string of the molecule is CS(=O)(=O)N1C[C@H]2CC(c3ccc(CCCOc4c(F)ccc(F)c4F)cc3)=C[C@H](N2)C1C(=O)N(Cc1ccccc1Cl)C1CC1. The van der Waals surface area contributed by atoms with Gasteiger partial charge in [0, 0.05) is 30.2 Å². The summed E-state index contributed by atoms with van der Waals surface area (Å²) in [7, 11) is -3.69. The molecule has 2 heterocycles. The Kier molecular flexibility index (Phi) is 9.48. The number of hydrogen-bond acceptors (Lipinski definition) is 5. The molecule has 2 bridgehead atoms. The molecule has 244 valence electrons. The molecule has 3 aromatic rings. The summed E-state index contributed by atoms with van der Waals surface area (Å²) in [5.74, 6) is -4.41. The number of aryl methyl sites for hydroxylation is 1. The van der Waals surface area contributed by atoms with Crippen LogP contribution in [0.25, 0.3) is 5.57 Å². The van der Waals surface area contributed by atoms with Crippen molar-refractivity contribution in [3.05, 3.63) is 106 Å². The van der Waals surface area contributed by atoms with Crippen LogP contribution in [0.15, 0.2) is 66.7 Å². The Balaban J connectivity index is 1.17. The van der Waals surface area contributed by atoms with Crippen LogP contribution in [0.1, 0.15) is 42.4 Å². The standard InChI is InChI=1S/C34H35ClF3N3O4S/c1-46(43,44)41-20-25-17-24(22-10-8-21(9-11-22)5-4-16-45-33-29(37)15-14-28(36)31(33)38)18-30(39-25)32(41)34(42)40(26-12-13-26)19-23-6-2-3-7-27(23)35/h2-3,6-11,14-15,18,25-26,30,32,39H,4-5,12-13,16-17,19-20H2,1H3/t25-,30+,32?/m1/s1. The Morgan fingerprint density at radius 3 is 2.46 bits per heavy atom. The summed E-state index contributed by atoms with van der Waals surface area (Å²) < 4.78 is 73.6. The number of nitrogens with zero attached hydrogens (tertiary/aromatic N) is 2. The second-order valence-electron chi connectivity index (χ2n) is 12.2. The topological polar surface area (TPSA) is 79.0 Å². The highest BCUT2D eigenvalue weighted by atomic mass is 35.5. The average Bonchev–Trinajstić information content (AvgIpc) is 3.87. The van der Waals surface area contributed by atoms with Crippen LogP contribution in [0, 0.1) is 17.5 Å². The molecule has 0 spiro atoms. The lowest BCUT2D eigenvalue weighted by Gasteiger charge is -2.46. The van der Waals surface area contributed by atoms with Gasteiger partial charge in [0.05, 0.1) is 18.9 Å². The van der Waals surface area contributed by atoms with E-state index in [-0.39, 0.29) is 31.1 Å². The first-order valence-electron chi connectivity index (χ1n) is 15.3. The van der Waals surface area contributed by atoms with Gasteiger partial charge in [0.1, 0.15) is 6.04 Å². The van der Waals surface area contributed by atoms with E-state index in [0.29, 0.717) is 30.8 Å². The molecule has 1 N–H and O–H groups in total. The average molecular weight is 674 g/mol. The van der Waals surface area contributed by atoms with E-state index in [1.165, 1.54) is 4.31 Å². The summed E-state index contributed by atoms with van der Waals surface area (Å²) in [5, 5.41) is 4.06. The van der Waals surface area contributed by atoms with Crippen LogP contribution in [0.4, 0.5) is 13.2 Å². The predicted octanol–water partition coefficient (Wildman–Crippen LogP) is 5.72. The summed E-state index contributed by atoms with van der Waals surface area (Å²) >= 11 is 6.43. The molecule has 0 aromatic heterocycles. The Bertz CT molecular complexity index is 1750. The molecule has 0 radical (unpaired) electrons. The molecular formula is C34H35ClF3N3O4S. The minimum Gasteiger partial charge on any atom is -0.488 e. The van der Waals surface area contributed by atoms with Crippen molar-refractivity contribution in [2.75, 3.05) is 19.4 Å². The van der Waals surface area contributed by atoms with Crippen LogP contribution in [0.2, 0.25) is 5.02 Å². The minimum absolute atomic E-state index is 0.0137. The third kappa shape index (κ3) is 7.12. The number of sulfonamides is 1. The first kappa shape index (κ1) is 32.6.